The van der Waals surface area contributed by atoms with Crippen molar-refractivity contribution in [1.82, 2.24) is 30.0 Å². The van der Waals surface area contributed by atoms with E-state index < -0.39 is 0 Å². The average Bonchev–Trinajstić information content (AvgIpc) is 2.97. The number of aliphatic hydroxyl groups excluding tert-OH is 1. The molecule has 2 heterocycles. The maximum atomic E-state index is 9.62. The number of hydrogen-bond donors (Lipinski definition) is 1. The number of para-hydroxylation sites is 1. The number of nitrogens with zero attached hydrogens (tertiary/aromatic N) is 6. The van der Waals surface area contributed by atoms with Crippen LogP contribution in [0.1, 0.15) is 30.8 Å². The Hall–Kier alpha value is -1.83. The van der Waals surface area contributed by atoms with Crippen LogP contribution in [0, 0.1) is 13.8 Å². The van der Waals surface area contributed by atoms with Gasteiger partial charge in [-0.25, -0.2) is 0 Å². The van der Waals surface area contributed by atoms with Crippen LogP contribution >= 0.6 is 0 Å². The molecular weight excluding hydrogens is 316 g/mol. The highest BCUT2D eigenvalue weighted by Crippen LogP contribution is 2.20. The third-order valence-corrected chi connectivity index (χ3v) is 4.90. The van der Waals surface area contributed by atoms with Crippen molar-refractivity contribution < 1.29 is 5.11 Å². The first kappa shape index (κ1) is 18.0. The number of hydrogen-bond acceptors (Lipinski definition) is 6. The molecule has 1 aromatic heterocycles. The summed E-state index contributed by atoms with van der Waals surface area (Å²) in [4.78, 5) is 4.73. The standard InChI is InChI=1S/C18H28N6O/c1-13-6-5-7-14(2)18(13)24-17(19-20-21-24)12-22-8-9-23(11-16(4)25)15(3)10-22/h5-7,15-16,25H,8-12H2,1-4H3/t15-,16+/m1/s1. The average molecular weight is 344 g/mol. The van der Waals surface area contributed by atoms with Crippen molar-refractivity contribution in [2.24, 2.45) is 0 Å². The van der Waals surface area contributed by atoms with Gasteiger partial charge in [-0.2, -0.15) is 4.68 Å². The maximum absolute atomic E-state index is 9.62. The van der Waals surface area contributed by atoms with E-state index in [4.69, 9.17) is 0 Å². The quantitative estimate of drug-likeness (QED) is 0.878. The van der Waals surface area contributed by atoms with Crippen molar-refractivity contribution in [3.8, 4) is 5.69 Å². The minimum Gasteiger partial charge on any atom is -0.392 e. The first-order chi connectivity index (χ1) is 12.0. The fraction of sp³-hybridized carbons (Fsp3) is 0.611. The molecule has 1 aromatic carbocycles. The molecule has 1 saturated heterocycles. The zero-order valence-corrected chi connectivity index (χ0v) is 15.6. The van der Waals surface area contributed by atoms with Crippen LogP contribution in [0.5, 0.6) is 0 Å². The number of piperazine rings is 1. The van der Waals surface area contributed by atoms with E-state index in [0.717, 1.165) is 44.2 Å². The largest absolute Gasteiger partial charge is 0.392 e. The Morgan fingerprint density at radius 3 is 2.60 bits per heavy atom. The van der Waals surface area contributed by atoms with Gasteiger partial charge in [0.25, 0.3) is 0 Å². The fourth-order valence-corrected chi connectivity index (χ4v) is 3.64. The molecule has 1 aliphatic rings. The Morgan fingerprint density at radius 1 is 1.24 bits per heavy atom. The van der Waals surface area contributed by atoms with Crippen molar-refractivity contribution >= 4 is 0 Å². The van der Waals surface area contributed by atoms with E-state index in [1.165, 1.54) is 11.1 Å². The zero-order valence-electron chi connectivity index (χ0n) is 15.6. The van der Waals surface area contributed by atoms with Crippen LogP contribution in [0.4, 0.5) is 0 Å². The number of tetrazole rings is 1. The number of aliphatic hydroxyl groups is 1. The van der Waals surface area contributed by atoms with Crippen molar-refractivity contribution in [2.45, 2.75) is 46.4 Å². The third-order valence-electron chi connectivity index (χ3n) is 4.90. The van der Waals surface area contributed by atoms with Gasteiger partial charge < -0.3 is 5.11 Å². The number of β-amino-alcohol motifs (C(OH)–C–C–N with tert-alkyl or cyclic N) is 1. The summed E-state index contributed by atoms with van der Waals surface area (Å²) in [5, 5.41) is 22.0. The molecule has 0 spiro atoms. The Kier molecular flexibility index (Phi) is 5.46. The van der Waals surface area contributed by atoms with Crippen LogP contribution in [0.3, 0.4) is 0 Å². The minimum atomic E-state index is -0.287. The van der Waals surface area contributed by atoms with Crippen LogP contribution < -0.4 is 0 Å². The predicted molar refractivity (Wildman–Crippen MR) is 96.6 cm³/mol. The summed E-state index contributed by atoms with van der Waals surface area (Å²) < 4.78 is 1.87. The summed E-state index contributed by atoms with van der Waals surface area (Å²) in [5.74, 6) is 0.869. The van der Waals surface area contributed by atoms with Gasteiger partial charge in [0.1, 0.15) is 0 Å². The lowest BCUT2D eigenvalue weighted by atomic mass is 10.1. The van der Waals surface area contributed by atoms with Crippen molar-refractivity contribution in [3.63, 3.8) is 0 Å². The summed E-state index contributed by atoms with van der Waals surface area (Å²) in [5.41, 5.74) is 3.41. The van der Waals surface area contributed by atoms with E-state index in [1.54, 1.807) is 0 Å². The van der Waals surface area contributed by atoms with Gasteiger partial charge in [-0.15, -0.1) is 5.10 Å². The molecule has 0 amide bonds. The molecule has 0 unspecified atom stereocenters. The van der Waals surface area contributed by atoms with Gasteiger partial charge in [0.2, 0.25) is 0 Å². The van der Waals surface area contributed by atoms with Gasteiger partial charge >= 0.3 is 0 Å². The highest BCUT2D eigenvalue weighted by Gasteiger charge is 2.26. The number of aromatic nitrogens is 4. The van der Waals surface area contributed by atoms with Gasteiger partial charge in [0.05, 0.1) is 18.3 Å². The number of aryl methyl sites for hydroxylation is 2. The smallest absolute Gasteiger partial charge is 0.170 e. The third kappa shape index (κ3) is 4.05. The van der Waals surface area contributed by atoms with Crippen LogP contribution in [-0.4, -0.2) is 73.4 Å². The first-order valence-corrected chi connectivity index (χ1v) is 8.94. The molecule has 0 aliphatic carbocycles. The van der Waals surface area contributed by atoms with Crippen LogP contribution in [0.15, 0.2) is 18.2 Å². The number of benzene rings is 1. The lowest BCUT2D eigenvalue weighted by Gasteiger charge is -2.40. The molecule has 1 fully saturated rings. The molecule has 2 atom stereocenters. The Morgan fingerprint density at radius 2 is 1.96 bits per heavy atom. The Labute approximate surface area is 149 Å². The Balaban J connectivity index is 1.73. The second-order valence-corrected chi connectivity index (χ2v) is 7.18. The topological polar surface area (TPSA) is 70.3 Å². The monoisotopic (exact) mass is 344 g/mol. The van der Waals surface area contributed by atoms with E-state index in [0.29, 0.717) is 6.04 Å². The van der Waals surface area contributed by atoms with Gasteiger partial charge in [0, 0.05) is 32.2 Å². The lowest BCUT2D eigenvalue weighted by Crippen LogP contribution is -2.53. The number of rotatable bonds is 5. The molecule has 136 valence electrons. The predicted octanol–water partition coefficient (Wildman–Crippen LogP) is 1.17. The van der Waals surface area contributed by atoms with E-state index in [-0.39, 0.29) is 6.10 Å². The molecule has 25 heavy (non-hydrogen) atoms. The molecule has 2 aromatic rings. The normalized spacial score (nSPS) is 20.8. The molecule has 7 heteroatoms. The summed E-state index contributed by atoms with van der Waals surface area (Å²) in [7, 11) is 0. The molecule has 3 rings (SSSR count). The molecule has 0 saturated carbocycles. The van der Waals surface area contributed by atoms with Crippen molar-refractivity contribution in [3.05, 3.63) is 35.2 Å². The molecule has 7 nitrogen and oxygen atoms in total. The fourth-order valence-electron chi connectivity index (χ4n) is 3.64. The molecule has 0 radical (unpaired) electrons. The molecule has 1 N–H and O–H groups in total. The summed E-state index contributed by atoms with van der Waals surface area (Å²) in [6, 6.07) is 6.64. The second-order valence-electron chi connectivity index (χ2n) is 7.18. The van der Waals surface area contributed by atoms with Gasteiger partial charge in [-0.1, -0.05) is 18.2 Å². The van der Waals surface area contributed by atoms with Crippen LogP contribution in [0.25, 0.3) is 5.69 Å². The highest BCUT2D eigenvalue weighted by atomic mass is 16.3. The van der Waals surface area contributed by atoms with Crippen LogP contribution in [-0.2, 0) is 6.54 Å². The van der Waals surface area contributed by atoms with E-state index in [1.807, 2.05) is 11.6 Å². The van der Waals surface area contributed by atoms with Crippen molar-refractivity contribution in [1.29, 1.82) is 0 Å². The van der Waals surface area contributed by atoms with Gasteiger partial charge in [-0.05, 0) is 49.2 Å². The zero-order chi connectivity index (χ0) is 18.0. The highest BCUT2D eigenvalue weighted by molar-refractivity contribution is 5.46. The van der Waals surface area contributed by atoms with E-state index in [2.05, 4.69) is 64.3 Å². The maximum Gasteiger partial charge on any atom is 0.170 e. The van der Waals surface area contributed by atoms with E-state index >= 15 is 0 Å². The van der Waals surface area contributed by atoms with Crippen LogP contribution in [0.2, 0.25) is 0 Å². The van der Waals surface area contributed by atoms with E-state index in [9.17, 15) is 5.11 Å². The summed E-state index contributed by atoms with van der Waals surface area (Å²) >= 11 is 0. The van der Waals surface area contributed by atoms with Crippen molar-refractivity contribution in [2.75, 3.05) is 26.2 Å². The Bertz CT molecular complexity index is 693. The molecule has 0 bridgehead atoms. The second kappa shape index (κ2) is 7.59. The minimum absolute atomic E-state index is 0.287. The molecule has 1 aliphatic heterocycles. The summed E-state index contributed by atoms with van der Waals surface area (Å²) in [6.45, 7) is 12.6. The SMILES string of the molecule is Cc1cccc(C)c1-n1nnnc1CN1CCN(C[C@H](C)O)[C@H](C)C1. The molecular formula is C18H28N6O. The lowest BCUT2D eigenvalue weighted by molar-refractivity contribution is 0.0411. The van der Waals surface area contributed by atoms with Gasteiger partial charge in [0.15, 0.2) is 5.82 Å². The first-order valence-electron chi connectivity index (χ1n) is 8.94. The van der Waals surface area contributed by atoms with Gasteiger partial charge in [-0.3, -0.25) is 9.80 Å². The summed E-state index contributed by atoms with van der Waals surface area (Å²) in [6.07, 6.45) is -0.287.